The van der Waals surface area contributed by atoms with Crippen molar-refractivity contribution in [2.45, 2.75) is 31.7 Å². The molecule has 0 heterocycles. The third-order valence-electron chi connectivity index (χ3n) is 3.20. The lowest BCUT2D eigenvalue weighted by Crippen LogP contribution is -2.14. The summed E-state index contributed by atoms with van der Waals surface area (Å²) in [6.45, 7) is 5.92. The number of aryl methyl sites for hydroxylation is 1. The first-order valence-electron chi connectivity index (χ1n) is 7.36. The molecular formula is C17H22N2O3S. The van der Waals surface area contributed by atoms with E-state index in [9.17, 15) is 8.42 Å². The predicted molar refractivity (Wildman–Crippen MR) is 93.7 cm³/mol. The van der Waals surface area contributed by atoms with Crippen molar-refractivity contribution < 1.29 is 13.2 Å². The summed E-state index contributed by atoms with van der Waals surface area (Å²) in [5.41, 5.74) is 2.29. The van der Waals surface area contributed by atoms with Crippen LogP contribution in [0, 0.1) is 6.92 Å². The van der Waals surface area contributed by atoms with E-state index in [1.165, 1.54) is 7.11 Å². The molecule has 0 aliphatic carbocycles. The molecule has 0 aliphatic heterocycles. The molecular weight excluding hydrogens is 312 g/mol. The summed E-state index contributed by atoms with van der Waals surface area (Å²) in [7, 11) is -2.26. The predicted octanol–water partition coefficient (Wildman–Crippen LogP) is 3.62. The van der Waals surface area contributed by atoms with Gasteiger partial charge in [-0.25, -0.2) is 8.42 Å². The SMILES string of the molecule is COc1ccc(C)cc1S(=O)(=O)Nc1ccc(NC(C)C)cc1. The van der Waals surface area contributed by atoms with Gasteiger partial charge in [-0.3, -0.25) is 4.72 Å². The van der Waals surface area contributed by atoms with Crippen molar-refractivity contribution >= 4 is 21.4 Å². The van der Waals surface area contributed by atoms with Gasteiger partial charge < -0.3 is 10.1 Å². The van der Waals surface area contributed by atoms with Crippen LogP contribution in [-0.4, -0.2) is 21.6 Å². The van der Waals surface area contributed by atoms with Crippen molar-refractivity contribution in [3.63, 3.8) is 0 Å². The summed E-state index contributed by atoms with van der Waals surface area (Å²) in [5.74, 6) is 0.321. The summed E-state index contributed by atoms with van der Waals surface area (Å²) in [6, 6.07) is 12.5. The van der Waals surface area contributed by atoms with E-state index < -0.39 is 10.0 Å². The average Bonchev–Trinajstić information content (AvgIpc) is 2.48. The number of hydrogen-bond donors (Lipinski definition) is 2. The molecule has 2 aromatic rings. The Bertz CT molecular complexity index is 769. The number of sulfonamides is 1. The molecule has 2 rings (SSSR count). The number of nitrogens with one attached hydrogen (secondary N) is 2. The van der Waals surface area contributed by atoms with Gasteiger partial charge in [0, 0.05) is 17.4 Å². The molecule has 2 N–H and O–H groups in total. The Morgan fingerprint density at radius 2 is 1.61 bits per heavy atom. The van der Waals surface area contributed by atoms with E-state index in [1.807, 2.05) is 39.0 Å². The second-order valence-corrected chi connectivity index (χ2v) is 7.29. The van der Waals surface area contributed by atoms with Gasteiger partial charge in [0.05, 0.1) is 7.11 Å². The highest BCUT2D eigenvalue weighted by Crippen LogP contribution is 2.27. The van der Waals surface area contributed by atoms with Gasteiger partial charge >= 0.3 is 0 Å². The highest BCUT2D eigenvalue weighted by Gasteiger charge is 2.19. The van der Waals surface area contributed by atoms with E-state index in [0.29, 0.717) is 17.5 Å². The lowest BCUT2D eigenvalue weighted by Gasteiger charge is -2.13. The fraction of sp³-hybridized carbons (Fsp3) is 0.294. The molecule has 0 saturated carbocycles. The normalized spacial score (nSPS) is 11.3. The Labute approximate surface area is 137 Å². The maximum atomic E-state index is 12.6. The van der Waals surface area contributed by atoms with Gasteiger partial charge in [0.1, 0.15) is 10.6 Å². The summed E-state index contributed by atoms with van der Waals surface area (Å²) < 4.78 is 32.9. The Morgan fingerprint density at radius 1 is 1.00 bits per heavy atom. The summed E-state index contributed by atoms with van der Waals surface area (Å²) in [5, 5.41) is 3.25. The second-order valence-electron chi connectivity index (χ2n) is 5.64. The molecule has 0 amide bonds. The Morgan fingerprint density at radius 3 is 2.17 bits per heavy atom. The molecule has 23 heavy (non-hydrogen) atoms. The van der Waals surface area contributed by atoms with Gasteiger partial charge in [-0.15, -0.1) is 0 Å². The monoisotopic (exact) mass is 334 g/mol. The molecule has 0 atom stereocenters. The second kappa shape index (κ2) is 6.91. The zero-order valence-electron chi connectivity index (χ0n) is 13.8. The minimum absolute atomic E-state index is 0.129. The zero-order chi connectivity index (χ0) is 17.0. The molecule has 5 nitrogen and oxygen atoms in total. The maximum absolute atomic E-state index is 12.6. The summed E-state index contributed by atoms with van der Waals surface area (Å²) in [4.78, 5) is 0.129. The molecule has 0 radical (unpaired) electrons. The van der Waals surface area contributed by atoms with Crippen LogP contribution in [0.1, 0.15) is 19.4 Å². The van der Waals surface area contributed by atoms with Crippen LogP contribution >= 0.6 is 0 Å². The standard InChI is InChI=1S/C17H22N2O3S/c1-12(2)18-14-6-8-15(9-7-14)19-23(20,21)17-11-13(3)5-10-16(17)22-4/h5-12,18-19H,1-4H3. The molecule has 2 aromatic carbocycles. The zero-order valence-corrected chi connectivity index (χ0v) is 14.6. The van der Waals surface area contributed by atoms with Gasteiger partial charge in [0.25, 0.3) is 10.0 Å². The van der Waals surface area contributed by atoms with E-state index in [2.05, 4.69) is 10.0 Å². The molecule has 0 spiro atoms. The van der Waals surface area contributed by atoms with Crippen molar-refractivity contribution in [2.75, 3.05) is 17.1 Å². The van der Waals surface area contributed by atoms with E-state index in [1.54, 1.807) is 24.3 Å². The largest absolute Gasteiger partial charge is 0.495 e. The van der Waals surface area contributed by atoms with Crippen LogP contribution in [-0.2, 0) is 10.0 Å². The first-order valence-corrected chi connectivity index (χ1v) is 8.84. The smallest absolute Gasteiger partial charge is 0.265 e. The summed E-state index contributed by atoms with van der Waals surface area (Å²) in [6.07, 6.45) is 0. The first-order chi connectivity index (χ1) is 10.8. The summed E-state index contributed by atoms with van der Waals surface area (Å²) >= 11 is 0. The lowest BCUT2D eigenvalue weighted by atomic mass is 10.2. The maximum Gasteiger partial charge on any atom is 0.265 e. The fourth-order valence-corrected chi connectivity index (χ4v) is 3.49. The molecule has 0 aromatic heterocycles. The Balaban J connectivity index is 2.26. The van der Waals surface area contributed by atoms with Crippen LogP contribution in [0.4, 0.5) is 11.4 Å². The van der Waals surface area contributed by atoms with E-state index in [4.69, 9.17) is 4.74 Å². The van der Waals surface area contributed by atoms with Crippen LogP contribution in [0.3, 0.4) is 0 Å². The van der Waals surface area contributed by atoms with Crippen LogP contribution in [0.2, 0.25) is 0 Å². The van der Waals surface area contributed by atoms with Gasteiger partial charge in [0.2, 0.25) is 0 Å². The van der Waals surface area contributed by atoms with E-state index in [-0.39, 0.29) is 4.90 Å². The van der Waals surface area contributed by atoms with Crippen molar-refractivity contribution in [1.82, 2.24) is 0 Å². The van der Waals surface area contributed by atoms with Crippen LogP contribution < -0.4 is 14.8 Å². The van der Waals surface area contributed by atoms with Crippen molar-refractivity contribution in [3.05, 3.63) is 48.0 Å². The van der Waals surface area contributed by atoms with Crippen LogP contribution in [0.5, 0.6) is 5.75 Å². The fourth-order valence-electron chi connectivity index (χ4n) is 2.17. The van der Waals surface area contributed by atoms with Gasteiger partial charge in [-0.05, 0) is 62.7 Å². The van der Waals surface area contributed by atoms with Crippen molar-refractivity contribution in [3.8, 4) is 5.75 Å². The molecule has 0 bridgehead atoms. The first kappa shape index (κ1) is 17.1. The van der Waals surface area contributed by atoms with Crippen LogP contribution in [0.15, 0.2) is 47.4 Å². The Kier molecular flexibility index (Phi) is 5.15. The highest BCUT2D eigenvalue weighted by molar-refractivity contribution is 7.92. The topological polar surface area (TPSA) is 67.4 Å². The number of benzene rings is 2. The van der Waals surface area contributed by atoms with Gasteiger partial charge in [-0.2, -0.15) is 0 Å². The molecule has 0 aliphatic rings. The number of hydrogen-bond acceptors (Lipinski definition) is 4. The Hall–Kier alpha value is -2.21. The molecule has 0 unspecified atom stereocenters. The number of anilines is 2. The van der Waals surface area contributed by atoms with E-state index >= 15 is 0 Å². The van der Waals surface area contributed by atoms with Crippen molar-refractivity contribution in [2.24, 2.45) is 0 Å². The molecule has 6 heteroatoms. The minimum atomic E-state index is -3.71. The number of rotatable bonds is 6. The highest BCUT2D eigenvalue weighted by atomic mass is 32.2. The van der Waals surface area contributed by atoms with Crippen molar-refractivity contribution in [1.29, 1.82) is 0 Å². The average molecular weight is 334 g/mol. The quantitative estimate of drug-likeness (QED) is 0.846. The van der Waals surface area contributed by atoms with Gasteiger partial charge in [0.15, 0.2) is 0 Å². The number of methoxy groups -OCH3 is 1. The van der Waals surface area contributed by atoms with E-state index in [0.717, 1.165) is 11.3 Å². The molecule has 0 saturated heterocycles. The third kappa shape index (κ3) is 4.39. The van der Waals surface area contributed by atoms with Gasteiger partial charge in [-0.1, -0.05) is 6.07 Å². The molecule has 124 valence electrons. The molecule has 0 fully saturated rings. The minimum Gasteiger partial charge on any atom is -0.495 e. The van der Waals surface area contributed by atoms with Crippen LogP contribution in [0.25, 0.3) is 0 Å². The lowest BCUT2D eigenvalue weighted by molar-refractivity contribution is 0.402. The number of ether oxygens (including phenoxy) is 1. The third-order valence-corrected chi connectivity index (χ3v) is 4.60.